The van der Waals surface area contributed by atoms with Gasteiger partial charge in [-0.2, -0.15) is 0 Å². The maximum Gasteiger partial charge on any atom is 0.325 e. The highest BCUT2D eigenvalue weighted by molar-refractivity contribution is 5.76. The van der Waals surface area contributed by atoms with Crippen LogP contribution in [0, 0.1) is 6.92 Å². The topological polar surface area (TPSA) is 91.8 Å². The molecule has 0 amide bonds. The quantitative estimate of drug-likeness (QED) is 0.671. The van der Waals surface area contributed by atoms with Crippen LogP contribution in [0.4, 0.5) is 0 Å². The molecule has 90 valence electrons. The minimum Gasteiger partial charge on any atom is -0.436 e. The highest BCUT2D eigenvalue weighted by atomic mass is 16.3. The smallest absolute Gasteiger partial charge is 0.325 e. The maximum atomic E-state index is 11.6. The molecule has 3 aromatic rings. The van der Waals surface area contributed by atoms with Crippen LogP contribution in [0.15, 0.2) is 38.4 Å². The lowest BCUT2D eigenvalue weighted by molar-refractivity contribution is 0.617. The first-order valence-corrected chi connectivity index (χ1v) is 5.33. The zero-order valence-corrected chi connectivity index (χ0v) is 9.48. The number of nitrogens with one attached hydrogen (secondary N) is 2. The van der Waals surface area contributed by atoms with Gasteiger partial charge in [-0.3, -0.25) is 9.78 Å². The van der Waals surface area contributed by atoms with Gasteiger partial charge in [0.2, 0.25) is 5.89 Å². The molecule has 18 heavy (non-hydrogen) atoms. The first-order valence-electron chi connectivity index (χ1n) is 5.33. The highest BCUT2D eigenvalue weighted by Gasteiger charge is 2.11. The summed E-state index contributed by atoms with van der Waals surface area (Å²) in [6.07, 6.45) is 1.29. The van der Waals surface area contributed by atoms with Crippen LogP contribution in [0.25, 0.3) is 22.6 Å². The molecule has 1 aromatic carbocycles. The fourth-order valence-corrected chi connectivity index (χ4v) is 1.72. The number of aromatic nitrogens is 3. The number of aromatic amines is 2. The van der Waals surface area contributed by atoms with Gasteiger partial charge < -0.3 is 9.40 Å². The van der Waals surface area contributed by atoms with Crippen LogP contribution in [-0.4, -0.2) is 15.0 Å². The Balaban J connectivity index is 2.25. The third-order valence-corrected chi connectivity index (χ3v) is 2.59. The largest absolute Gasteiger partial charge is 0.436 e. The van der Waals surface area contributed by atoms with Gasteiger partial charge in [0.25, 0.3) is 5.56 Å². The third-order valence-electron chi connectivity index (χ3n) is 2.59. The molecule has 6 heteroatoms. The first kappa shape index (κ1) is 10.5. The van der Waals surface area contributed by atoms with Crippen molar-refractivity contribution in [3.05, 3.63) is 50.8 Å². The van der Waals surface area contributed by atoms with Crippen molar-refractivity contribution < 1.29 is 4.42 Å². The standard InChI is InChI=1S/C12H9N3O3/c1-6-2-3-9-8(4-6)14-11(18-9)7-5-13-12(17)15-10(7)16/h2-5H,1H3,(H2,13,15,16,17). The molecule has 0 aliphatic carbocycles. The molecule has 0 unspecified atom stereocenters. The Kier molecular flexibility index (Phi) is 2.16. The fraction of sp³-hybridized carbons (Fsp3) is 0.0833. The van der Waals surface area contributed by atoms with Crippen molar-refractivity contribution >= 4 is 11.1 Å². The normalized spacial score (nSPS) is 10.9. The van der Waals surface area contributed by atoms with E-state index >= 15 is 0 Å². The van der Waals surface area contributed by atoms with Gasteiger partial charge >= 0.3 is 5.69 Å². The average molecular weight is 243 g/mol. The molecule has 0 saturated carbocycles. The summed E-state index contributed by atoms with van der Waals surface area (Å²) >= 11 is 0. The molecule has 2 heterocycles. The van der Waals surface area contributed by atoms with Gasteiger partial charge in [-0.25, -0.2) is 9.78 Å². The molecule has 0 fully saturated rings. The van der Waals surface area contributed by atoms with E-state index in [2.05, 4.69) is 15.0 Å². The monoisotopic (exact) mass is 243 g/mol. The van der Waals surface area contributed by atoms with Crippen molar-refractivity contribution in [1.82, 2.24) is 15.0 Å². The van der Waals surface area contributed by atoms with Gasteiger partial charge in [0.05, 0.1) is 0 Å². The third kappa shape index (κ3) is 1.64. The second kappa shape index (κ2) is 3.69. The summed E-state index contributed by atoms with van der Waals surface area (Å²) in [5.41, 5.74) is 1.44. The van der Waals surface area contributed by atoms with Crippen LogP contribution in [0.1, 0.15) is 5.56 Å². The number of benzene rings is 1. The number of aryl methyl sites for hydroxylation is 1. The van der Waals surface area contributed by atoms with E-state index in [4.69, 9.17) is 4.42 Å². The van der Waals surface area contributed by atoms with Crippen LogP contribution >= 0.6 is 0 Å². The molecular formula is C12H9N3O3. The SMILES string of the molecule is Cc1ccc2oc(-c3c[nH]c(=O)[nH]c3=O)nc2c1. The zero-order chi connectivity index (χ0) is 12.7. The van der Waals surface area contributed by atoms with Crippen LogP contribution < -0.4 is 11.2 Å². The van der Waals surface area contributed by atoms with E-state index in [1.807, 2.05) is 19.1 Å². The van der Waals surface area contributed by atoms with Crippen LogP contribution in [-0.2, 0) is 0 Å². The molecule has 0 atom stereocenters. The van der Waals surface area contributed by atoms with E-state index in [1.54, 1.807) is 6.07 Å². The van der Waals surface area contributed by atoms with Gasteiger partial charge in [-0.15, -0.1) is 0 Å². The van der Waals surface area contributed by atoms with Gasteiger partial charge in [0, 0.05) is 6.20 Å². The molecule has 0 spiro atoms. The number of oxazole rings is 1. The van der Waals surface area contributed by atoms with Crippen molar-refractivity contribution in [2.24, 2.45) is 0 Å². The zero-order valence-electron chi connectivity index (χ0n) is 9.48. The fourth-order valence-electron chi connectivity index (χ4n) is 1.72. The first-order chi connectivity index (χ1) is 8.63. The molecular weight excluding hydrogens is 234 g/mol. The lowest BCUT2D eigenvalue weighted by Crippen LogP contribution is -2.22. The van der Waals surface area contributed by atoms with Crippen LogP contribution in [0.3, 0.4) is 0 Å². The molecule has 3 rings (SSSR count). The molecule has 0 aliphatic heterocycles. The minimum atomic E-state index is -0.560. The number of rotatable bonds is 1. The predicted molar refractivity (Wildman–Crippen MR) is 65.4 cm³/mol. The van der Waals surface area contributed by atoms with Gasteiger partial charge in [-0.05, 0) is 24.6 Å². The van der Waals surface area contributed by atoms with Crippen molar-refractivity contribution in [1.29, 1.82) is 0 Å². The number of fused-ring (bicyclic) bond motifs is 1. The summed E-state index contributed by atoms with van der Waals surface area (Å²) in [6.45, 7) is 1.95. The maximum absolute atomic E-state index is 11.6. The number of hydrogen-bond donors (Lipinski definition) is 2. The van der Waals surface area contributed by atoms with E-state index in [1.165, 1.54) is 6.20 Å². The van der Waals surface area contributed by atoms with Gasteiger partial charge in [0.1, 0.15) is 11.1 Å². The summed E-state index contributed by atoms with van der Waals surface area (Å²) in [5, 5.41) is 0. The van der Waals surface area contributed by atoms with Gasteiger partial charge in [-0.1, -0.05) is 6.07 Å². The van der Waals surface area contributed by atoms with Crippen molar-refractivity contribution in [2.45, 2.75) is 6.92 Å². The molecule has 2 aromatic heterocycles. The van der Waals surface area contributed by atoms with Crippen LogP contribution in [0.5, 0.6) is 0 Å². The summed E-state index contributed by atoms with van der Waals surface area (Å²) in [4.78, 5) is 31.3. The lowest BCUT2D eigenvalue weighted by Gasteiger charge is -1.91. The van der Waals surface area contributed by atoms with E-state index in [-0.39, 0.29) is 11.5 Å². The lowest BCUT2D eigenvalue weighted by atomic mass is 10.2. The van der Waals surface area contributed by atoms with E-state index < -0.39 is 11.2 Å². The molecule has 6 nitrogen and oxygen atoms in total. The summed E-state index contributed by atoms with van der Waals surface area (Å²) in [7, 11) is 0. The van der Waals surface area contributed by atoms with E-state index in [0.717, 1.165) is 5.56 Å². The molecule has 0 bridgehead atoms. The van der Waals surface area contributed by atoms with Crippen molar-refractivity contribution in [3.8, 4) is 11.5 Å². The van der Waals surface area contributed by atoms with Crippen LogP contribution in [0.2, 0.25) is 0 Å². The molecule has 0 saturated heterocycles. The number of hydrogen-bond acceptors (Lipinski definition) is 4. The predicted octanol–water partition coefficient (Wildman–Crippen LogP) is 1.18. The molecule has 0 radical (unpaired) electrons. The second-order valence-corrected chi connectivity index (χ2v) is 3.98. The summed E-state index contributed by atoms with van der Waals surface area (Å²) in [5.74, 6) is 0.188. The summed E-state index contributed by atoms with van der Waals surface area (Å²) in [6, 6.07) is 5.55. The van der Waals surface area contributed by atoms with Crippen molar-refractivity contribution in [2.75, 3.05) is 0 Å². The van der Waals surface area contributed by atoms with Crippen molar-refractivity contribution in [3.63, 3.8) is 0 Å². The van der Waals surface area contributed by atoms with E-state index in [0.29, 0.717) is 11.1 Å². The Bertz CT molecular complexity index is 841. The molecule has 2 N–H and O–H groups in total. The Morgan fingerprint density at radius 3 is 2.89 bits per heavy atom. The number of nitrogens with zero attached hydrogens (tertiary/aromatic N) is 1. The number of H-pyrrole nitrogens is 2. The highest BCUT2D eigenvalue weighted by Crippen LogP contribution is 2.21. The Hall–Kier alpha value is -2.63. The molecule has 0 aliphatic rings. The van der Waals surface area contributed by atoms with Gasteiger partial charge in [0.15, 0.2) is 5.58 Å². The van der Waals surface area contributed by atoms with E-state index in [9.17, 15) is 9.59 Å². The Labute approximate surface area is 100 Å². The summed E-state index contributed by atoms with van der Waals surface area (Å²) < 4.78 is 5.48. The second-order valence-electron chi connectivity index (χ2n) is 3.98. The Morgan fingerprint density at radius 2 is 2.11 bits per heavy atom. The minimum absolute atomic E-state index is 0.188. The average Bonchev–Trinajstić information content (AvgIpc) is 2.71. The Morgan fingerprint density at radius 1 is 1.28 bits per heavy atom.